The molecule has 0 radical (unpaired) electrons. The van der Waals surface area contributed by atoms with E-state index in [1.807, 2.05) is 0 Å². The first-order valence-electron chi connectivity index (χ1n) is 6.13. The second-order valence-electron chi connectivity index (χ2n) is 4.29. The van der Waals surface area contributed by atoms with Crippen LogP contribution in [0.3, 0.4) is 0 Å². The summed E-state index contributed by atoms with van der Waals surface area (Å²) in [5.41, 5.74) is 2.06. The highest BCUT2D eigenvalue weighted by Gasteiger charge is 2.16. The Morgan fingerprint density at radius 3 is 2.53 bits per heavy atom. The van der Waals surface area contributed by atoms with Gasteiger partial charge in [-0.15, -0.1) is 0 Å². The molecule has 19 heavy (non-hydrogen) atoms. The highest BCUT2D eigenvalue weighted by Crippen LogP contribution is 2.11. The predicted octanol–water partition coefficient (Wildman–Crippen LogP) is 1.75. The Balaban J connectivity index is 1.97. The Hall–Kier alpha value is -2.08. The van der Waals surface area contributed by atoms with Crippen molar-refractivity contribution < 1.29 is 14.7 Å². The standard InChI is InChI=1S/C13H17N3O3/c1-10(15-18)11-2-4-12(5-3-11)14-13(17)16-6-8-19-9-7-16/h2-5,18H,6-9H2,1H3,(H,14,17). The molecule has 1 heterocycles. The zero-order chi connectivity index (χ0) is 13.7. The van der Waals surface area contributed by atoms with Crippen LogP contribution in [0, 0.1) is 0 Å². The van der Waals surface area contributed by atoms with Crippen molar-refractivity contribution in [2.75, 3.05) is 31.6 Å². The number of anilines is 1. The summed E-state index contributed by atoms with van der Waals surface area (Å²) < 4.78 is 5.20. The number of ether oxygens (including phenoxy) is 1. The SMILES string of the molecule is CC(=NO)c1ccc(NC(=O)N2CCOCC2)cc1. The van der Waals surface area contributed by atoms with Gasteiger partial charge >= 0.3 is 6.03 Å². The van der Waals surface area contributed by atoms with Crippen LogP contribution in [0.25, 0.3) is 0 Å². The Morgan fingerprint density at radius 1 is 1.32 bits per heavy atom. The fourth-order valence-corrected chi connectivity index (χ4v) is 1.82. The minimum atomic E-state index is -0.122. The van der Waals surface area contributed by atoms with Gasteiger partial charge in [-0.1, -0.05) is 17.3 Å². The minimum Gasteiger partial charge on any atom is -0.411 e. The quantitative estimate of drug-likeness (QED) is 0.485. The lowest BCUT2D eigenvalue weighted by Crippen LogP contribution is -2.43. The number of amides is 2. The molecule has 0 saturated carbocycles. The number of carbonyl (C=O) groups is 1. The number of hydrogen-bond acceptors (Lipinski definition) is 4. The van der Waals surface area contributed by atoms with E-state index in [0.29, 0.717) is 37.7 Å². The zero-order valence-corrected chi connectivity index (χ0v) is 10.8. The number of rotatable bonds is 2. The average Bonchev–Trinajstić information content (AvgIpc) is 2.48. The van der Waals surface area contributed by atoms with Crippen LogP contribution in [0.5, 0.6) is 0 Å². The van der Waals surface area contributed by atoms with Crippen LogP contribution in [-0.2, 0) is 4.74 Å². The first-order valence-corrected chi connectivity index (χ1v) is 6.13. The molecule has 0 atom stereocenters. The van der Waals surface area contributed by atoms with Crippen LogP contribution in [0.15, 0.2) is 29.4 Å². The van der Waals surface area contributed by atoms with Crippen LogP contribution < -0.4 is 5.32 Å². The number of carbonyl (C=O) groups excluding carboxylic acids is 1. The lowest BCUT2D eigenvalue weighted by atomic mass is 10.1. The lowest BCUT2D eigenvalue weighted by Gasteiger charge is -2.26. The van der Waals surface area contributed by atoms with E-state index < -0.39 is 0 Å². The summed E-state index contributed by atoms with van der Waals surface area (Å²) in [5.74, 6) is 0. The zero-order valence-electron chi connectivity index (χ0n) is 10.8. The molecule has 0 aromatic heterocycles. The summed E-state index contributed by atoms with van der Waals surface area (Å²) in [6, 6.07) is 7.03. The molecule has 6 nitrogen and oxygen atoms in total. The highest BCUT2D eigenvalue weighted by molar-refractivity contribution is 5.99. The summed E-state index contributed by atoms with van der Waals surface area (Å²) in [4.78, 5) is 13.7. The molecule has 0 bridgehead atoms. The molecule has 0 aliphatic carbocycles. The van der Waals surface area contributed by atoms with E-state index in [4.69, 9.17) is 9.94 Å². The summed E-state index contributed by atoms with van der Waals surface area (Å²) in [7, 11) is 0. The van der Waals surface area contributed by atoms with Crippen LogP contribution >= 0.6 is 0 Å². The van der Waals surface area contributed by atoms with Crippen molar-refractivity contribution in [2.24, 2.45) is 5.16 Å². The van der Waals surface area contributed by atoms with Crippen LogP contribution in [0.2, 0.25) is 0 Å². The van der Waals surface area contributed by atoms with Gasteiger partial charge in [-0.25, -0.2) is 4.79 Å². The number of hydrogen-bond donors (Lipinski definition) is 2. The van der Waals surface area contributed by atoms with Crippen molar-refractivity contribution in [1.82, 2.24) is 4.90 Å². The fraction of sp³-hybridized carbons (Fsp3) is 0.385. The molecule has 1 saturated heterocycles. The molecule has 1 fully saturated rings. The molecule has 1 aromatic carbocycles. The van der Waals surface area contributed by atoms with Crippen molar-refractivity contribution >= 4 is 17.4 Å². The molecule has 1 aromatic rings. The van der Waals surface area contributed by atoms with Crippen molar-refractivity contribution in [3.8, 4) is 0 Å². The number of urea groups is 1. The van der Waals surface area contributed by atoms with Gasteiger partial charge in [-0.05, 0) is 24.6 Å². The van der Waals surface area contributed by atoms with Gasteiger partial charge in [0, 0.05) is 18.8 Å². The molecular weight excluding hydrogens is 246 g/mol. The third kappa shape index (κ3) is 3.45. The maximum Gasteiger partial charge on any atom is 0.321 e. The van der Waals surface area contributed by atoms with E-state index in [-0.39, 0.29) is 6.03 Å². The van der Waals surface area contributed by atoms with Gasteiger partial charge in [-0.2, -0.15) is 0 Å². The van der Waals surface area contributed by atoms with E-state index in [1.165, 1.54) is 0 Å². The Bertz CT molecular complexity index is 465. The third-order valence-electron chi connectivity index (χ3n) is 3.00. The maximum atomic E-state index is 11.9. The van der Waals surface area contributed by atoms with Gasteiger partial charge < -0.3 is 20.2 Å². The molecule has 6 heteroatoms. The molecule has 0 spiro atoms. The highest BCUT2D eigenvalue weighted by atomic mass is 16.5. The number of nitrogens with zero attached hydrogens (tertiary/aromatic N) is 2. The normalized spacial score (nSPS) is 16.3. The topological polar surface area (TPSA) is 74.2 Å². The fourth-order valence-electron chi connectivity index (χ4n) is 1.82. The molecule has 102 valence electrons. The van der Waals surface area contributed by atoms with Crippen LogP contribution in [0.4, 0.5) is 10.5 Å². The van der Waals surface area contributed by atoms with E-state index in [2.05, 4.69) is 10.5 Å². The van der Waals surface area contributed by atoms with Crippen LogP contribution in [-0.4, -0.2) is 48.2 Å². The van der Waals surface area contributed by atoms with Crippen molar-refractivity contribution in [1.29, 1.82) is 0 Å². The first kappa shape index (κ1) is 13.4. The lowest BCUT2D eigenvalue weighted by molar-refractivity contribution is 0.0564. The molecule has 1 aliphatic rings. The molecular formula is C13H17N3O3. The molecule has 2 rings (SSSR count). The van der Waals surface area contributed by atoms with E-state index in [9.17, 15) is 4.79 Å². The van der Waals surface area contributed by atoms with Gasteiger partial charge in [0.15, 0.2) is 0 Å². The second-order valence-corrected chi connectivity index (χ2v) is 4.29. The molecule has 2 N–H and O–H groups in total. The van der Waals surface area contributed by atoms with Gasteiger partial charge in [-0.3, -0.25) is 0 Å². The molecule has 2 amide bonds. The number of oxime groups is 1. The van der Waals surface area contributed by atoms with Crippen LogP contribution in [0.1, 0.15) is 12.5 Å². The summed E-state index contributed by atoms with van der Waals surface area (Å²) in [6.07, 6.45) is 0. The van der Waals surface area contributed by atoms with Crippen molar-refractivity contribution in [3.63, 3.8) is 0 Å². The smallest absolute Gasteiger partial charge is 0.321 e. The Kier molecular flexibility index (Phi) is 4.35. The van der Waals surface area contributed by atoms with Gasteiger partial charge in [0.05, 0.1) is 18.9 Å². The second kappa shape index (κ2) is 6.19. The minimum absolute atomic E-state index is 0.122. The number of nitrogens with one attached hydrogen (secondary N) is 1. The van der Waals surface area contributed by atoms with Crippen molar-refractivity contribution in [3.05, 3.63) is 29.8 Å². The summed E-state index contributed by atoms with van der Waals surface area (Å²) >= 11 is 0. The predicted molar refractivity (Wildman–Crippen MR) is 71.9 cm³/mol. The average molecular weight is 263 g/mol. The number of benzene rings is 1. The monoisotopic (exact) mass is 263 g/mol. The first-order chi connectivity index (χ1) is 9.20. The van der Waals surface area contributed by atoms with Gasteiger partial charge in [0.2, 0.25) is 0 Å². The maximum absolute atomic E-state index is 11.9. The summed E-state index contributed by atoms with van der Waals surface area (Å²) in [6.45, 7) is 4.10. The number of morpholine rings is 1. The molecule has 1 aliphatic heterocycles. The Morgan fingerprint density at radius 2 is 1.95 bits per heavy atom. The van der Waals surface area contributed by atoms with Gasteiger partial charge in [0.1, 0.15) is 0 Å². The largest absolute Gasteiger partial charge is 0.411 e. The van der Waals surface area contributed by atoms with E-state index in [1.54, 1.807) is 36.1 Å². The molecule has 0 unspecified atom stereocenters. The van der Waals surface area contributed by atoms with Gasteiger partial charge in [0.25, 0.3) is 0 Å². The Labute approximate surface area is 111 Å². The van der Waals surface area contributed by atoms with E-state index in [0.717, 1.165) is 5.56 Å². The summed E-state index contributed by atoms with van der Waals surface area (Å²) in [5, 5.41) is 14.6. The third-order valence-corrected chi connectivity index (χ3v) is 3.00. The van der Waals surface area contributed by atoms with Crippen molar-refractivity contribution in [2.45, 2.75) is 6.92 Å². The van der Waals surface area contributed by atoms with E-state index >= 15 is 0 Å².